The van der Waals surface area contributed by atoms with Gasteiger partial charge in [-0.2, -0.15) is 0 Å². The van der Waals surface area contributed by atoms with Crippen LogP contribution in [0.25, 0.3) is 0 Å². The molecule has 176 valence electrons. The maximum absolute atomic E-state index is 12.3. The number of ether oxygens (including phenoxy) is 1. The Kier molecular flexibility index (Phi) is 7.62. The van der Waals surface area contributed by atoms with E-state index in [0.717, 1.165) is 45.7 Å². The van der Waals surface area contributed by atoms with Crippen LogP contribution in [0.2, 0.25) is 0 Å². The molecular weight excluding hydrogens is 410 g/mol. The number of carboxylic acids is 1. The Balaban J connectivity index is 1.24. The fourth-order valence-corrected chi connectivity index (χ4v) is 4.94. The van der Waals surface area contributed by atoms with Crippen LogP contribution in [0.4, 0.5) is 4.79 Å². The third-order valence-corrected chi connectivity index (χ3v) is 6.92. The average molecular weight is 446 g/mol. The van der Waals surface area contributed by atoms with Gasteiger partial charge in [-0.15, -0.1) is 0 Å². The Bertz CT molecular complexity index is 763. The van der Waals surface area contributed by atoms with E-state index in [1.54, 1.807) is 4.90 Å². The van der Waals surface area contributed by atoms with Gasteiger partial charge in [0, 0.05) is 72.5 Å². The molecule has 32 heavy (non-hydrogen) atoms. The van der Waals surface area contributed by atoms with Gasteiger partial charge in [-0.25, -0.2) is 4.79 Å². The summed E-state index contributed by atoms with van der Waals surface area (Å²) in [5, 5.41) is 9.00. The molecule has 0 saturated carbocycles. The molecule has 0 bridgehead atoms. The number of amides is 1. The van der Waals surface area contributed by atoms with E-state index < -0.39 is 5.97 Å². The van der Waals surface area contributed by atoms with Gasteiger partial charge < -0.3 is 19.6 Å². The number of nitrogens with zero attached hydrogens (tertiary/aromatic N) is 5. The largest absolute Gasteiger partial charge is 0.480 e. The first-order chi connectivity index (χ1) is 15.5. The third-order valence-electron chi connectivity index (χ3n) is 6.92. The van der Waals surface area contributed by atoms with Crippen molar-refractivity contribution in [2.75, 3.05) is 72.5 Å². The molecule has 2 unspecified atom stereocenters. The van der Waals surface area contributed by atoms with Gasteiger partial charge in [-0.05, 0) is 12.0 Å². The van der Waals surface area contributed by atoms with Crippen LogP contribution in [0.3, 0.4) is 0 Å². The van der Waals surface area contributed by atoms with Gasteiger partial charge in [0.2, 0.25) is 0 Å². The van der Waals surface area contributed by atoms with Gasteiger partial charge in [0.1, 0.15) is 0 Å². The molecule has 3 aliphatic heterocycles. The highest BCUT2D eigenvalue weighted by Gasteiger charge is 2.43. The number of carbonyl (C=O) groups is 2. The Morgan fingerprint density at radius 2 is 1.59 bits per heavy atom. The summed E-state index contributed by atoms with van der Waals surface area (Å²) >= 11 is 0. The van der Waals surface area contributed by atoms with Crippen molar-refractivity contribution in [1.82, 2.24) is 24.5 Å². The van der Waals surface area contributed by atoms with Crippen molar-refractivity contribution < 1.29 is 19.4 Å². The minimum atomic E-state index is -0.799. The first-order valence-corrected chi connectivity index (χ1v) is 11.6. The van der Waals surface area contributed by atoms with Gasteiger partial charge in [-0.1, -0.05) is 30.3 Å². The van der Waals surface area contributed by atoms with Crippen molar-refractivity contribution in [1.29, 1.82) is 0 Å². The lowest BCUT2D eigenvalue weighted by molar-refractivity contribution is -0.139. The SMILES string of the molecule is CN1C(=O)OC(N2CCN(CC(=O)O)CC2)C1CCN1CCN(Cc2ccccc2)CC1. The molecule has 0 radical (unpaired) electrons. The van der Waals surface area contributed by atoms with Crippen LogP contribution < -0.4 is 0 Å². The normalized spacial score (nSPS) is 26.4. The molecule has 3 heterocycles. The van der Waals surface area contributed by atoms with E-state index in [1.807, 2.05) is 11.9 Å². The number of piperazine rings is 2. The zero-order chi connectivity index (χ0) is 22.5. The monoisotopic (exact) mass is 445 g/mol. The smallest absolute Gasteiger partial charge is 0.411 e. The molecule has 4 rings (SSSR count). The fourth-order valence-electron chi connectivity index (χ4n) is 4.94. The number of carboxylic acid groups (broad SMARTS) is 1. The van der Waals surface area contributed by atoms with Crippen LogP contribution in [0, 0.1) is 0 Å². The third kappa shape index (κ3) is 5.78. The molecule has 0 aliphatic carbocycles. The van der Waals surface area contributed by atoms with Crippen molar-refractivity contribution >= 4 is 12.1 Å². The summed E-state index contributed by atoms with van der Waals surface area (Å²) in [4.78, 5) is 34.1. The van der Waals surface area contributed by atoms with Crippen molar-refractivity contribution in [2.45, 2.75) is 25.2 Å². The van der Waals surface area contributed by atoms with Crippen LogP contribution in [0.15, 0.2) is 30.3 Å². The first kappa shape index (κ1) is 23.0. The second-order valence-corrected chi connectivity index (χ2v) is 9.05. The zero-order valence-electron chi connectivity index (χ0n) is 18.9. The quantitative estimate of drug-likeness (QED) is 0.626. The topological polar surface area (TPSA) is 79.8 Å². The summed E-state index contributed by atoms with van der Waals surface area (Å²) in [6.45, 7) is 8.99. The summed E-state index contributed by atoms with van der Waals surface area (Å²) in [5.74, 6) is -0.799. The molecule has 1 N–H and O–H groups in total. The number of benzene rings is 1. The number of rotatable bonds is 8. The molecule has 1 aromatic rings. The van der Waals surface area contributed by atoms with Crippen molar-refractivity contribution in [3.63, 3.8) is 0 Å². The second kappa shape index (κ2) is 10.6. The van der Waals surface area contributed by atoms with Gasteiger partial charge in [0.15, 0.2) is 6.23 Å². The minimum Gasteiger partial charge on any atom is -0.480 e. The molecule has 1 amide bonds. The molecule has 1 aromatic carbocycles. The summed E-state index contributed by atoms with van der Waals surface area (Å²) in [6.07, 6.45) is 0.362. The number of hydrogen-bond donors (Lipinski definition) is 1. The summed E-state index contributed by atoms with van der Waals surface area (Å²) in [7, 11) is 1.82. The van der Waals surface area contributed by atoms with E-state index in [0.29, 0.717) is 26.2 Å². The fraction of sp³-hybridized carbons (Fsp3) is 0.652. The maximum Gasteiger partial charge on any atom is 0.411 e. The Labute approximate surface area is 190 Å². The molecule has 9 heteroatoms. The lowest BCUT2D eigenvalue weighted by atomic mass is 10.1. The van der Waals surface area contributed by atoms with Crippen LogP contribution in [-0.4, -0.2) is 126 Å². The highest BCUT2D eigenvalue weighted by atomic mass is 16.6. The Morgan fingerprint density at radius 3 is 2.25 bits per heavy atom. The van der Waals surface area contributed by atoms with Crippen LogP contribution >= 0.6 is 0 Å². The van der Waals surface area contributed by atoms with E-state index in [-0.39, 0.29) is 24.9 Å². The van der Waals surface area contributed by atoms with Crippen molar-refractivity contribution in [3.8, 4) is 0 Å². The molecule has 3 fully saturated rings. The number of hydrogen-bond acceptors (Lipinski definition) is 7. The van der Waals surface area contributed by atoms with E-state index in [2.05, 4.69) is 45.0 Å². The van der Waals surface area contributed by atoms with E-state index in [9.17, 15) is 9.59 Å². The highest BCUT2D eigenvalue weighted by Crippen LogP contribution is 2.25. The molecule has 3 saturated heterocycles. The van der Waals surface area contributed by atoms with Gasteiger partial charge in [0.25, 0.3) is 0 Å². The summed E-state index contributed by atoms with van der Waals surface area (Å²) in [5.41, 5.74) is 1.36. The van der Waals surface area contributed by atoms with Crippen LogP contribution in [0.1, 0.15) is 12.0 Å². The molecule has 0 aromatic heterocycles. The average Bonchev–Trinajstić information content (AvgIpc) is 3.08. The molecule has 2 atom stereocenters. The predicted octanol–water partition coefficient (Wildman–Crippen LogP) is 0.673. The van der Waals surface area contributed by atoms with Gasteiger partial charge in [-0.3, -0.25) is 19.5 Å². The van der Waals surface area contributed by atoms with Crippen molar-refractivity contribution in [2.24, 2.45) is 0 Å². The highest BCUT2D eigenvalue weighted by molar-refractivity contribution is 5.70. The Hall–Kier alpha value is -2.20. The number of carbonyl (C=O) groups excluding carboxylic acids is 1. The standard InChI is InChI=1S/C23H35N5O4/c1-24-20(22(32-23(24)31)28-15-13-27(14-16-28)18-21(29)30)7-8-25-9-11-26(12-10-25)17-19-5-3-2-4-6-19/h2-6,20,22H,7-18H2,1H3,(H,29,30). The lowest BCUT2D eigenvalue weighted by Crippen LogP contribution is -2.55. The molecule has 0 spiro atoms. The number of likely N-dealkylation sites (N-methyl/N-ethyl adjacent to an activating group) is 1. The van der Waals surface area contributed by atoms with Crippen LogP contribution in [-0.2, 0) is 16.1 Å². The summed E-state index contributed by atoms with van der Waals surface area (Å²) in [6, 6.07) is 10.6. The van der Waals surface area contributed by atoms with Crippen molar-refractivity contribution in [3.05, 3.63) is 35.9 Å². The minimum absolute atomic E-state index is 0.0240. The summed E-state index contributed by atoms with van der Waals surface area (Å²) < 4.78 is 5.72. The molecule has 3 aliphatic rings. The number of aliphatic carboxylic acids is 1. The lowest BCUT2D eigenvalue weighted by Gasteiger charge is -2.39. The van der Waals surface area contributed by atoms with Crippen LogP contribution in [0.5, 0.6) is 0 Å². The number of cyclic esters (lactones) is 1. The Morgan fingerprint density at radius 1 is 0.969 bits per heavy atom. The predicted molar refractivity (Wildman–Crippen MR) is 120 cm³/mol. The van der Waals surface area contributed by atoms with Gasteiger partial charge in [0.05, 0.1) is 12.6 Å². The van der Waals surface area contributed by atoms with E-state index in [4.69, 9.17) is 9.84 Å². The maximum atomic E-state index is 12.3. The second-order valence-electron chi connectivity index (χ2n) is 9.05. The van der Waals surface area contributed by atoms with E-state index in [1.165, 1.54) is 5.56 Å². The first-order valence-electron chi connectivity index (χ1n) is 11.6. The molecule has 9 nitrogen and oxygen atoms in total. The zero-order valence-corrected chi connectivity index (χ0v) is 18.9. The molecular formula is C23H35N5O4. The van der Waals surface area contributed by atoms with Gasteiger partial charge >= 0.3 is 12.1 Å². The van der Waals surface area contributed by atoms with E-state index >= 15 is 0 Å².